The summed E-state index contributed by atoms with van der Waals surface area (Å²) in [6, 6.07) is 0.0682. The second-order valence-electron chi connectivity index (χ2n) is 7.01. The Kier molecular flexibility index (Phi) is 5.09. The highest BCUT2D eigenvalue weighted by molar-refractivity contribution is 6.06. The van der Waals surface area contributed by atoms with Gasteiger partial charge in [-0.15, -0.1) is 0 Å². The lowest BCUT2D eigenvalue weighted by molar-refractivity contribution is -0.130. The molecule has 7 nitrogen and oxygen atoms in total. The van der Waals surface area contributed by atoms with Crippen molar-refractivity contribution < 1.29 is 14.7 Å². The molecule has 0 aromatic carbocycles. The molecule has 0 spiro atoms. The minimum absolute atomic E-state index is 0.154. The first-order valence-electron chi connectivity index (χ1n) is 7.99. The third-order valence-electron chi connectivity index (χ3n) is 4.43. The molecule has 2 rings (SSSR count). The van der Waals surface area contributed by atoms with Crippen LogP contribution in [0.2, 0.25) is 0 Å². The van der Waals surface area contributed by atoms with E-state index in [0.717, 1.165) is 19.6 Å². The van der Waals surface area contributed by atoms with Crippen molar-refractivity contribution in [1.29, 1.82) is 0 Å². The highest BCUT2D eigenvalue weighted by Crippen LogP contribution is 2.17. The molecule has 22 heavy (non-hydrogen) atoms. The molecular weight excluding hydrogens is 284 g/mol. The van der Waals surface area contributed by atoms with E-state index in [1.165, 1.54) is 4.90 Å². The van der Waals surface area contributed by atoms with E-state index in [1.807, 2.05) is 0 Å². The van der Waals surface area contributed by atoms with E-state index in [4.69, 9.17) is 0 Å². The molecule has 2 aliphatic rings. The Morgan fingerprint density at radius 1 is 1.32 bits per heavy atom. The average molecular weight is 312 g/mol. The number of imide groups is 1. The Hall–Kier alpha value is -1.18. The lowest BCUT2D eigenvalue weighted by Gasteiger charge is -2.40. The van der Waals surface area contributed by atoms with Crippen LogP contribution in [0.25, 0.3) is 0 Å². The van der Waals surface area contributed by atoms with Gasteiger partial charge in [-0.3, -0.25) is 19.5 Å². The quantitative estimate of drug-likeness (QED) is 0.682. The van der Waals surface area contributed by atoms with Gasteiger partial charge >= 0.3 is 6.03 Å². The number of rotatable bonds is 5. The summed E-state index contributed by atoms with van der Waals surface area (Å²) in [5.74, 6) is -0.154. The number of aliphatic hydroxyl groups is 1. The highest BCUT2D eigenvalue weighted by Gasteiger charge is 2.44. The predicted octanol–water partition coefficient (Wildman–Crippen LogP) is -0.296. The molecule has 0 bridgehead atoms. The summed E-state index contributed by atoms with van der Waals surface area (Å²) in [7, 11) is 0. The summed E-state index contributed by atoms with van der Waals surface area (Å²) in [5.41, 5.74) is -0.791. The van der Waals surface area contributed by atoms with Crippen LogP contribution in [-0.2, 0) is 4.79 Å². The average Bonchev–Trinajstić information content (AvgIpc) is 2.59. The molecule has 2 saturated heterocycles. The van der Waals surface area contributed by atoms with Gasteiger partial charge in [-0.1, -0.05) is 0 Å². The molecule has 2 heterocycles. The number of nitrogens with one attached hydrogen (secondary N) is 1. The van der Waals surface area contributed by atoms with Gasteiger partial charge in [-0.2, -0.15) is 0 Å². The minimum atomic E-state index is -0.791. The standard InChI is InChI=1S/C15H28N4O3/c1-11-9-17(5-7-18(11)10-12(2)20)6-8-19-13(21)15(3,4)16-14(19)22/h11-12,20H,5-10H2,1-4H3,(H,16,22)/t11-,12+/m0/s1. The molecule has 2 aliphatic heterocycles. The Morgan fingerprint density at radius 2 is 2.00 bits per heavy atom. The molecule has 0 unspecified atom stereocenters. The molecule has 126 valence electrons. The van der Waals surface area contributed by atoms with Crippen molar-refractivity contribution in [3.63, 3.8) is 0 Å². The summed E-state index contributed by atoms with van der Waals surface area (Å²) >= 11 is 0. The van der Waals surface area contributed by atoms with Gasteiger partial charge in [-0.05, 0) is 27.7 Å². The number of urea groups is 1. The predicted molar refractivity (Wildman–Crippen MR) is 83.5 cm³/mol. The maximum absolute atomic E-state index is 12.1. The number of nitrogens with zero attached hydrogens (tertiary/aromatic N) is 3. The van der Waals surface area contributed by atoms with Crippen LogP contribution < -0.4 is 5.32 Å². The third-order valence-corrected chi connectivity index (χ3v) is 4.43. The van der Waals surface area contributed by atoms with Gasteiger partial charge < -0.3 is 10.4 Å². The van der Waals surface area contributed by atoms with E-state index < -0.39 is 5.54 Å². The highest BCUT2D eigenvalue weighted by atomic mass is 16.3. The molecule has 0 radical (unpaired) electrons. The summed E-state index contributed by atoms with van der Waals surface area (Å²) in [5, 5.41) is 12.2. The monoisotopic (exact) mass is 312 g/mol. The number of amides is 3. The van der Waals surface area contributed by atoms with Gasteiger partial charge in [0.1, 0.15) is 5.54 Å². The third kappa shape index (κ3) is 3.77. The number of carbonyl (C=O) groups excluding carboxylic acids is 2. The van der Waals surface area contributed by atoms with E-state index in [9.17, 15) is 14.7 Å². The number of aliphatic hydroxyl groups excluding tert-OH is 1. The first-order chi connectivity index (χ1) is 10.2. The molecule has 7 heteroatoms. The van der Waals surface area contributed by atoms with Crippen molar-refractivity contribution in [2.24, 2.45) is 0 Å². The van der Waals surface area contributed by atoms with Gasteiger partial charge in [0.2, 0.25) is 0 Å². The lowest BCUT2D eigenvalue weighted by atomic mass is 10.1. The van der Waals surface area contributed by atoms with Crippen molar-refractivity contribution in [1.82, 2.24) is 20.0 Å². The topological polar surface area (TPSA) is 76.1 Å². The number of piperazine rings is 1. The smallest absolute Gasteiger partial charge is 0.325 e. The number of β-amino-alcohol motifs (C(OH)–C–C–N with tert-alkyl or cyclic N) is 1. The van der Waals surface area contributed by atoms with Crippen molar-refractivity contribution in [3.05, 3.63) is 0 Å². The summed E-state index contributed by atoms with van der Waals surface area (Å²) in [6.45, 7) is 11.9. The van der Waals surface area contributed by atoms with Crippen LogP contribution >= 0.6 is 0 Å². The molecule has 0 saturated carbocycles. The van der Waals surface area contributed by atoms with Gasteiger partial charge in [0, 0.05) is 45.3 Å². The Balaban J connectivity index is 1.82. The second-order valence-corrected chi connectivity index (χ2v) is 7.01. The molecular formula is C15H28N4O3. The lowest BCUT2D eigenvalue weighted by Crippen LogP contribution is -2.54. The van der Waals surface area contributed by atoms with E-state index >= 15 is 0 Å². The SMILES string of the molecule is C[C@@H](O)CN1CCN(CCN2C(=O)NC(C)(C)C2=O)C[C@@H]1C. The molecule has 2 atom stereocenters. The molecule has 0 aromatic rings. The zero-order valence-electron chi connectivity index (χ0n) is 14.0. The molecule has 0 aromatic heterocycles. The van der Waals surface area contributed by atoms with Crippen molar-refractivity contribution in [2.75, 3.05) is 39.3 Å². The van der Waals surface area contributed by atoms with E-state index in [0.29, 0.717) is 25.7 Å². The van der Waals surface area contributed by atoms with Gasteiger partial charge in [0.15, 0.2) is 0 Å². The summed E-state index contributed by atoms with van der Waals surface area (Å²) < 4.78 is 0. The first-order valence-corrected chi connectivity index (χ1v) is 7.99. The van der Waals surface area contributed by atoms with Crippen LogP contribution in [0.15, 0.2) is 0 Å². The van der Waals surface area contributed by atoms with Crippen LogP contribution in [0.1, 0.15) is 27.7 Å². The maximum atomic E-state index is 12.1. The van der Waals surface area contributed by atoms with Crippen LogP contribution in [0.3, 0.4) is 0 Å². The van der Waals surface area contributed by atoms with E-state index in [1.54, 1.807) is 20.8 Å². The fourth-order valence-electron chi connectivity index (χ4n) is 3.15. The summed E-state index contributed by atoms with van der Waals surface area (Å²) in [6.07, 6.45) is -0.317. The van der Waals surface area contributed by atoms with Gasteiger partial charge in [0.05, 0.1) is 6.10 Å². The van der Waals surface area contributed by atoms with Gasteiger partial charge in [0.25, 0.3) is 5.91 Å². The van der Waals surface area contributed by atoms with Crippen molar-refractivity contribution in [2.45, 2.75) is 45.4 Å². The first kappa shape index (κ1) is 17.2. The largest absolute Gasteiger partial charge is 0.392 e. The zero-order valence-corrected chi connectivity index (χ0v) is 14.0. The van der Waals surface area contributed by atoms with Crippen LogP contribution in [0.5, 0.6) is 0 Å². The maximum Gasteiger partial charge on any atom is 0.325 e. The minimum Gasteiger partial charge on any atom is -0.392 e. The fourth-order valence-corrected chi connectivity index (χ4v) is 3.15. The van der Waals surface area contributed by atoms with Crippen LogP contribution in [0, 0.1) is 0 Å². The molecule has 2 fully saturated rings. The molecule has 3 amide bonds. The zero-order chi connectivity index (χ0) is 16.5. The summed E-state index contributed by atoms with van der Waals surface area (Å²) in [4.78, 5) is 29.8. The normalized spacial score (nSPS) is 28.0. The van der Waals surface area contributed by atoms with Crippen LogP contribution in [0.4, 0.5) is 4.79 Å². The van der Waals surface area contributed by atoms with Crippen molar-refractivity contribution >= 4 is 11.9 Å². The number of hydrogen-bond acceptors (Lipinski definition) is 5. The Labute approximate surface area is 132 Å². The fraction of sp³-hybridized carbons (Fsp3) is 0.867. The second kappa shape index (κ2) is 6.52. The van der Waals surface area contributed by atoms with E-state index in [2.05, 4.69) is 22.0 Å². The number of carbonyl (C=O) groups is 2. The molecule has 0 aliphatic carbocycles. The van der Waals surface area contributed by atoms with Crippen molar-refractivity contribution in [3.8, 4) is 0 Å². The van der Waals surface area contributed by atoms with E-state index in [-0.39, 0.29) is 18.0 Å². The van der Waals surface area contributed by atoms with Crippen LogP contribution in [-0.4, -0.2) is 88.7 Å². The number of hydrogen-bond donors (Lipinski definition) is 2. The van der Waals surface area contributed by atoms with Gasteiger partial charge in [-0.25, -0.2) is 4.79 Å². The molecule has 2 N–H and O–H groups in total. The Bertz CT molecular complexity index is 439. The Morgan fingerprint density at radius 3 is 2.50 bits per heavy atom.